The van der Waals surface area contributed by atoms with Crippen LogP contribution in [0, 0.1) is 0 Å². The van der Waals surface area contributed by atoms with E-state index in [9.17, 15) is 8.42 Å². The Morgan fingerprint density at radius 3 is 2.88 bits per heavy atom. The van der Waals surface area contributed by atoms with Crippen molar-refractivity contribution in [2.24, 2.45) is 4.40 Å². The topological polar surface area (TPSA) is 55.7 Å². The van der Waals surface area contributed by atoms with Crippen LogP contribution in [0.15, 0.2) is 39.8 Å². The van der Waals surface area contributed by atoms with Crippen molar-refractivity contribution in [2.75, 3.05) is 0 Å². The molecule has 0 radical (unpaired) electrons. The Hall–Kier alpha value is -1.49. The molecule has 0 N–H and O–H groups in total. The van der Waals surface area contributed by atoms with E-state index in [-0.39, 0.29) is 5.09 Å². The number of allylic oxidation sites excluding steroid dienone is 1. The quantitative estimate of drug-likeness (QED) is 0.596. The van der Waals surface area contributed by atoms with E-state index < -0.39 is 10.0 Å². The van der Waals surface area contributed by atoms with Gasteiger partial charge in [-0.3, -0.25) is 0 Å². The summed E-state index contributed by atoms with van der Waals surface area (Å²) in [5.41, 5.74) is 0.938. The lowest BCUT2D eigenvalue weighted by atomic mass is 10.1. The average molecular weight is 253 g/mol. The van der Waals surface area contributed by atoms with E-state index in [1.165, 1.54) is 6.08 Å². The second-order valence-corrected chi connectivity index (χ2v) is 4.81. The Bertz CT molecular complexity index is 598. The van der Waals surface area contributed by atoms with Crippen molar-refractivity contribution in [3.63, 3.8) is 0 Å². The predicted molar refractivity (Wildman–Crippen MR) is 62.8 cm³/mol. The number of hydrogen-bond donors (Lipinski definition) is 0. The molecule has 1 aromatic carbocycles. The van der Waals surface area contributed by atoms with Gasteiger partial charge in [-0.2, -0.15) is 8.42 Å². The molecule has 0 bridgehead atoms. The van der Waals surface area contributed by atoms with E-state index in [1.807, 2.05) is 17.3 Å². The monoisotopic (exact) mass is 253 g/mol. The van der Waals surface area contributed by atoms with Crippen LogP contribution in [0.1, 0.15) is 5.56 Å². The fourth-order valence-corrected chi connectivity index (χ4v) is 2.34. The zero-order chi connectivity index (χ0) is 11.6. The van der Waals surface area contributed by atoms with E-state index >= 15 is 0 Å². The van der Waals surface area contributed by atoms with Crippen LogP contribution in [0.3, 0.4) is 0 Å². The lowest BCUT2D eigenvalue weighted by Crippen LogP contribution is -2.12. The number of ether oxygens (including phenoxy) is 1. The third-order valence-electron chi connectivity index (χ3n) is 2.08. The number of nitrogens with zero attached hydrogens (tertiary/aromatic N) is 1. The maximum Gasteiger partial charge on any atom is 0.323 e. The zero-order valence-corrected chi connectivity index (χ0v) is 9.72. The van der Waals surface area contributed by atoms with Crippen molar-refractivity contribution >= 4 is 27.4 Å². The van der Waals surface area contributed by atoms with E-state index in [0.717, 1.165) is 5.56 Å². The molecule has 1 aliphatic heterocycles. The summed E-state index contributed by atoms with van der Waals surface area (Å²) in [4.78, 5) is 0. The maximum absolute atomic E-state index is 11.5. The van der Waals surface area contributed by atoms with Crippen LogP contribution in [0.25, 0.3) is 0 Å². The van der Waals surface area contributed by atoms with E-state index in [4.69, 9.17) is 4.74 Å². The van der Waals surface area contributed by atoms with Crippen molar-refractivity contribution in [3.05, 3.63) is 41.0 Å². The van der Waals surface area contributed by atoms with E-state index in [2.05, 4.69) is 16.6 Å². The third kappa shape index (κ3) is 2.04. The molecule has 1 aliphatic rings. The van der Waals surface area contributed by atoms with Crippen LogP contribution < -0.4 is 4.74 Å². The van der Waals surface area contributed by atoms with Gasteiger partial charge in [-0.05, 0) is 36.3 Å². The zero-order valence-electron chi connectivity index (χ0n) is 8.08. The maximum atomic E-state index is 11.5. The van der Waals surface area contributed by atoms with Gasteiger partial charge in [0.25, 0.3) is 0 Å². The van der Waals surface area contributed by atoms with Crippen molar-refractivity contribution in [1.29, 1.82) is 0 Å². The molecular formula is C10H7NO3S2. The fraction of sp³-hybridized carbons (Fsp3) is 0.100. The molecule has 0 saturated carbocycles. The molecule has 1 aromatic rings. The molecule has 0 fully saturated rings. The van der Waals surface area contributed by atoms with Gasteiger partial charge in [-0.25, -0.2) is 0 Å². The van der Waals surface area contributed by atoms with Gasteiger partial charge >= 0.3 is 10.0 Å². The van der Waals surface area contributed by atoms with Gasteiger partial charge in [0.2, 0.25) is 5.09 Å². The van der Waals surface area contributed by atoms with Gasteiger partial charge in [-0.1, -0.05) is 22.6 Å². The minimum atomic E-state index is -3.83. The Morgan fingerprint density at radius 1 is 1.38 bits per heavy atom. The second-order valence-electron chi connectivity index (χ2n) is 3.09. The molecule has 0 unspecified atom stereocenters. The van der Waals surface area contributed by atoms with Gasteiger partial charge in [-0.15, -0.1) is 0 Å². The van der Waals surface area contributed by atoms with Crippen molar-refractivity contribution in [2.45, 2.75) is 6.42 Å². The third-order valence-corrected chi connectivity index (χ3v) is 3.38. The summed E-state index contributed by atoms with van der Waals surface area (Å²) in [7, 11) is -3.83. The fourth-order valence-electron chi connectivity index (χ4n) is 1.37. The van der Waals surface area contributed by atoms with Gasteiger partial charge in [0.15, 0.2) is 0 Å². The van der Waals surface area contributed by atoms with Crippen LogP contribution in [0.2, 0.25) is 0 Å². The molecule has 82 valence electrons. The Labute approximate surface area is 98.3 Å². The lowest BCUT2D eigenvalue weighted by Gasteiger charge is -2.15. The first kappa shape index (κ1) is 11.0. The minimum Gasteiger partial charge on any atom is -0.443 e. The summed E-state index contributed by atoms with van der Waals surface area (Å²) in [5.74, 6) is 0.531. The molecule has 0 saturated heterocycles. The summed E-state index contributed by atoms with van der Waals surface area (Å²) >= 11 is 4.27. The number of rotatable bonds is 2. The standard InChI is InChI=1S/C10H7NO3S2/c12-16(13,11-7-15)10-6-5-8-3-1-2-4-9(8)14-10/h1-4,6H,5H2. The van der Waals surface area contributed by atoms with Crippen molar-refractivity contribution in [1.82, 2.24) is 0 Å². The Kier molecular flexibility index (Phi) is 2.87. The largest absolute Gasteiger partial charge is 0.443 e. The molecule has 0 amide bonds. The molecular weight excluding hydrogens is 246 g/mol. The highest BCUT2D eigenvalue weighted by atomic mass is 32.2. The molecule has 1 heterocycles. The van der Waals surface area contributed by atoms with Crippen LogP contribution in [-0.2, 0) is 16.4 Å². The Balaban J connectivity index is 2.38. The molecule has 2 rings (SSSR count). The highest BCUT2D eigenvalue weighted by molar-refractivity contribution is 7.94. The molecule has 0 aromatic heterocycles. The number of para-hydroxylation sites is 1. The van der Waals surface area contributed by atoms with Crippen LogP contribution in [-0.4, -0.2) is 13.6 Å². The highest BCUT2D eigenvalue weighted by Crippen LogP contribution is 2.28. The normalized spacial score (nSPS) is 14.1. The number of benzene rings is 1. The van der Waals surface area contributed by atoms with Crippen LogP contribution in [0.5, 0.6) is 5.75 Å². The van der Waals surface area contributed by atoms with Gasteiger partial charge < -0.3 is 4.74 Å². The van der Waals surface area contributed by atoms with Gasteiger partial charge in [0, 0.05) is 0 Å². The molecule has 0 atom stereocenters. The summed E-state index contributed by atoms with van der Waals surface area (Å²) in [6.07, 6.45) is 1.96. The number of thiocarbonyl (C=S) groups is 1. The van der Waals surface area contributed by atoms with Gasteiger partial charge in [0.05, 0.1) is 5.16 Å². The molecule has 16 heavy (non-hydrogen) atoms. The van der Waals surface area contributed by atoms with Crippen molar-refractivity contribution in [3.8, 4) is 5.75 Å². The molecule has 4 nitrogen and oxygen atoms in total. The SMILES string of the molecule is O=S(=O)(N=C=S)C1=CCc2ccccc2O1. The predicted octanol–water partition coefficient (Wildman–Crippen LogP) is 1.90. The second kappa shape index (κ2) is 4.17. The number of hydrogen-bond acceptors (Lipinski definition) is 4. The van der Waals surface area contributed by atoms with E-state index in [0.29, 0.717) is 12.2 Å². The van der Waals surface area contributed by atoms with Gasteiger partial charge in [0.1, 0.15) is 5.75 Å². The first-order valence-electron chi connectivity index (χ1n) is 4.43. The van der Waals surface area contributed by atoms with Crippen LogP contribution in [0.4, 0.5) is 0 Å². The average Bonchev–Trinajstić information content (AvgIpc) is 2.28. The summed E-state index contributed by atoms with van der Waals surface area (Å²) in [6, 6.07) is 7.22. The van der Waals surface area contributed by atoms with Crippen molar-refractivity contribution < 1.29 is 13.2 Å². The summed E-state index contributed by atoms with van der Waals surface area (Å²) < 4.78 is 31.4. The minimum absolute atomic E-state index is 0.191. The molecule has 0 aliphatic carbocycles. The number of sulfonamides is 1. The Morgan fingerprint density at radius 2 is 2.12 bits per heavy atom. The smallest absolute Gasteiger partial charge is 0.323 e. The molecule has 0 spiro atoms. The van der Waals surface area contributed by atoms with Crippen LogP contribution >= 0.6 is 12.2 Å². The highest BCUT2D eigenvalue weighted by Gasteiger charge is 2.23. The number of fused-ring (bicyclic) bond motifs is 1. The first-order valence-corrected chi connectivity index (χ1v) is 6.28. The van der Waals surface area contributed by atoms with E-state index in [1.54, 1.807) is 12.1 Å². The number of isothiocyanates is 1. The molecule has 6 heteroatoms. The summed E-state index contributed by atoms with van der Waals surface area (Å²) in [5, 5.41) is 1.64. The lowest BCUT2D eigenvalue weighted by molar-refractivity contribution is 0.434. The summed E-state index contributed by atoms with van der Waals surface area (Å²) in [6.45, 7) is 0. The first-order chi connectivity index (χ1) is 7.63.